The van der Waals surface area contributed by atoms with E-state index in [0.717, 1.165) is 28.0 Å². The van der Waals surface area contributed by atoms with E-state index in [1.807, 2.05) is 92.7 Å². The number of amides is 2. The molecule has 0 aliphatic rings. The zero-order valence-electron chi connectivity index (χ0n) is 21.7. The molecule has 0 fully saturated rings. The van der Waals surface area contributed by atoms with Crippen molar-refractivity contribution in [3.63, 3.8) is 0 Å². The van der Waals surface area contributed by atoms with Crippen molar-refractivity contribution >= 4 is 11.8 Å². The lowest BCUT2D eigenvalue weighted by atomic mass is 10.0. The Kier molecular flexibility index (Phi) is 10.7. The van der Waals surface area contributed by atoms with Crippen LogP contribution in [-0.4, -0.2) is 23.9 Å². The van der Waals surface area contributed by atoms with Crippen LogP contribution in [0.3, 0.4) is 0 Å². The summed E-state index contributed by atoms with van der Waals surface area (Å²) in [5, 5.41) is 5.80. The van der Waals surface area contributed by atoms with Crippen LogP contribution in [0, 0.1) is 5.92 Å². The highest BCUT2D eigenvalue weighted by atomic mass is 16.5. The van der Waals surface area contributed by atoms with Crippen LogP contribution in [0.15, 0.2) is 78.9 Å². The number of ether oxygens (including phenoxy) is 1. The molecule has 0 aromatic heterocycles. The van der Waals surface area contributed by atoms with Crippen LogP contribution in [0.25, 0.3) is 0 Å². The molecule has 0 spiro atoms. The van der Waals surface area contributed by atoms with Crippen LogP contribution < -0.4 is 26.8 Å². The van der Waals surface area contributed by atoms with Crippen LogP contribution in [0.1, 0.15) is 42.5 Å². The Morgan fingerprint density at radius 3 is 2.05 bits per heavy atom. The third-order valence-electron chi connectivity index (χ3n) is 6.03. The van der Waals surface area contributed by atoms with Gasteiger partial charge in [-0.1, -0.05) is 80.6 Å². The summed E-state index contributed by atoms with van der Waals surface area (Å²) in [6, 6.07) is 23.8. The quantitative estimate of drug-likeness (QED) is 0.285. The van der Waals surface area contributed by atoms with Gasteiger partial charge in [0, 0.05) is 19.5 Å². The maximum Gasteiger partial charge on any atom is 0.243 e. The van der Waals surface area contributed by atoms with Gasteiger partial charge in [-0.15, -0.1) is 0 Å². The molecular weight excluding hydrogens is 464 g/mol. The van der Waals surface area contributed by atoms with Gasteiger partial charge in [-0.25, -0.2) is 0 Å². The molecule has 7 heteroatoms. The van der Waals surface area contributed by atoms with E-state index < -0.39 is 12.1 Å². The van der Waals surface area contributed by atoms with Crippen LogP contribution in [0.5, 0.6) is 5.75 Å². The number of carbonyl (C=O) groups is 2. The Balaban J connectivity index is 1.64. The molecule has 0 radical (unpaired) electrons. The minimum atomic E-state index is -0.759. The first-order chi connectivity index (χ1) is 17.8. The third kappa shape index (κ3) is 9.37. The fourth-order valence-electron chi connectivity index (χ4n) is 3.91. The first kappa shape index (κ1) is 27.9. The van der Waals surface area contributed by atoms with Crippen LogP contribution in [-0.2, 0) is 35.7 Å². The fraction of sp³-hybridized carbons (Fsp3) is 0.333. The predicted octanol–water partition coefficient (Wildman–Crippen LogP) is 3.44. The van der Waals surface area contributed by atoms with Gasteiger partial charge in [0.05, 0.1) is 6.04 Å². The van der Waals surface area contributed by atoms with E-state index >= 15 is 0 Å². The summed E-state index contributed by atoms with van der Waals surface area (Å²) in [6.07, 6.45) is 0.873. The highest BCUT2D eigenvalue weighted by Gasteiger charge is 2.24. The second-order valence-corrected chi connectivity index (χ2v) is 9.66. The minimum Gasteiger partial charge on any atom is -0.489 e. The second kappa shape index (κ2) is 14.2. The standard InChI is InChI=1S/C30H38N4O3/c1-21(2)16-27(32)29(35)34-28(30(36)33-19-24-10-8-23(18-31)9-11-24)17-22-12-14-26(15-13-22)37-20-25-6-4-3-5-7-25/h3-15,21,27-28H,16-20,31-32H2,1-2H3,(H,33,36)(H,34,35). The Hall–Kier alpha value is -3.68. The van der Waals surface area contributed by atoms with Gasteiger partial charge in [0.1, 0.15) is 18.4 Å². The van der Waals surface area contributed by atoms with E-state index in [2.05, 4.69) is 10.6 Å². The van der Waals surface area contributed by atoms with Crippen molar-refractivity contribution in [2.45, 2.75) is 58.5 Å². The van der Waals surface area contributed by atoms with Gasteiger partial charge in [0.15, 0.2) is 0 Å². The first-order valence-corrected chi connectivity index (χ1v) is 12.7. The Labute approximate surface area is 219 Å². The van der Waals surface area contributed by atoms with E-state index in [1.54, 1.807) is 0 Å². The lowest BCUT2D eigenvalue weighted by Gasteiger charge is -2.22. The third-order valence-corrected chi connectivity index (χ3v) is 6.03. The van der Waals surface area contributed by atoms with Crippen molar-refractivity contribution in [1.29, 1.82) is 0 Å². The first-order valence-electron chi connectivity index (χ1n) is 12.7. The zero-order chi connectivity index (χ0) is 26.6. The number of nitrogens with one attached hydrogen (secondary N) is 2. The summed E-state index contributed by atoms with van der Waals surface area (Å²) in [7, 11) is 0. The van der Waals surface area contributed by atoms with E-state index in [0.29, 0.717) is 32.5 Å². The van der Waals surface area contributed by atoms with Crippen LogP contribution >= 0.6 is 0 Å². The second-order valence-electron chi connectivity index (χ2n) is 9.66. The molecule has 0 bridgehead atoms. The van der Waals surface area contributed by atoms with Gasteiger partial charge in [0.25, 0.3) is 0 Å². The maximum atomic E-state index is 13.1. The van der Waals surface area contributed by atoms with Gasteiger partial charge in [-0.05, 0) is 46.7 Å². The number of nitrogens with two attached hydrogens (primary N) is 2. The molecule has 37 heavy (non-hydrogen) atoms. The van der Waals surface area contributed by atoms with Gasteiger partial charge in [-0.2, -0.15) is 0 Å². The zero-order valence-corrected chi connectivity index (χ0v) is 21.7. The molecule has 3 aromatic rings. The molecule has 196 valence electrons. The van der Waals surface area contributed by atoms with Crippen molar-refractivity contribution in [1.82, 2.24) is 10.6 Å². The Bertz CT molecular complexity index is 1120. The molecule has 3 rings (SSSR count). The Morgan fingerprint density at radius 1 is 0.811 bits per heavy atom. The molecule has 0 heterocycles. The van der Waals surface area contributed by atoms with E-state index in [-0.39, 0.29) is 17.7 Å². The normalized spacial score (nSPS) is 12.6. The molecule has 0 saturated carbocycles. The highest BCUT2D eigenvalue weighted by molar-refractivity contribution is 5.89. The van der Waals surface area contributed by atoms with Crippen molar-refractivity contribution in [2.24, 2.45) is 17.4 Å². The molecule has 2 unspecified atom stereocenters. The number of rotatable bonds is 13. The number of benzene rings is 3. The summed E-state index contributed by atoms with van der Waals surface area (Å²) in [5.74, 6) is 0.409. The summed E-state index contributed by atoms with van der Waals surface area (Å²) < 4.78 is 5.86. The van der Waals surface area contributed by atoms with E-state index in [9.17, 15) is 9.59 Å². The van der Waals surface area contributed by atoms with Gasteiger partial charge < -0.3 is 26.8 Å². The van der Waals surface area contributed by atoms with Crippen molar-refractivity contribution in [2.75, 3.05) is 0 Å². The highest BCUT2D eigenvalue weighted by Crippen LogP contribution is 2.16. The van der Waals surface area contributed by atoms with Crippen molar-refractivity contribution in [3.05, 3.63) is 101 Å². The molecule has 2 atom stereocenters. The van der Waals surface area contributed by atoms with E-state index in [4.69, 9.17) is 16.2 Å². The van der Waals surface area contributed by atoms with Crippen molar-refractivity contribution < 1.29 is 14.3 Å². The molecule has 0 aliphatic carbocycles. The molecule has 2 amide bonds. The smallest absolute Gasteiger partial charge is 0.243 e. The molecule has 7 nitrogen and oxygen atoms in total. The molecule has 3 aromatic carbocycles. The van der Waals surface area contributed by atoms with Crippen LogP contribution in [0.4, 0.5) is 0 Å². The molecular formula is C30H38N4O3. The monoisotopic (exact) mass is 502 g/mol. The Morgan fingerprint density at radius 2 is 1.43 bits per heavy atom. The maximum absolute atomic E-state index is 13.1. The summed E-state index contributed by atoms with van der Waals surface area (Å²) in [5.41, 5.74) is 15.7. The van der Waals surface area contributed by atoms with Crippen molar-refractivity contribution in [3.8, 4) is 5.75 Å². The average Bonchev–Trinajstić information content (AvgIpc) is 2.91. The predicted molar refractivity (Wildman–Crippen MR) is 146 cm³/mol. The lowest BCUT2D eigenvalue weighted by molar-refractivity contribution is -0.129. The largest absolute Gasteiger partial charge is 0.489 e. The number of hydrogen-bond acceptors (Lipinski definition) is 5. The molecule has 0 saturated heterocycles. The topological polar surface area (TPSA) is 119 Å². The SMILES string of the molecule is CC(C)CC(N)C(=O)NC(Cc1ccc(OCc2ccccc2)cc1)C(=O)NCc1ccc(CN)cc1. The number of hydrogen-bond donors (Lipinski definition) is 4. The van der Waals surface area contributed by atoms with Gasteiger partial charge in [0.2, 0.25) is 11.8 Å². The fourth-order valence-corrected chi connectivity index (χ4v) is 3.91. The summed E-state index contributed by atoms with van der Waals surface area (Å²) in [6.45, 7) is 5.30. The minimum absolute atomic E-state index is 0.266. The molecule has 0 aliphatic heterocycles. The average molecular weight is 503 g/mol. The number of carbonyl (C=O) groups excluding carboxylic acids is 2. The lowest BCUT2D eigenvalue weighted by Crippen LogP contribution is -2.52. The van der Waals surface area contributed by atoms with E-state index in [1.165, 1.54) is 0 Å². The molecule has 6 N–H and O–H groups in total. The summed E-state index contributed by atoms with van der Waals surface area (Å²) >= 11 is 0. The summed E-state index contributed by atoms with van der Waals surface area (Å²) in [4.78, 5) is 25.9. The van der Waals surface area contributed by atoms with Gasteiger partial charge >= 0.3 is 0 Å². The van der Waals surface area contributed by atoms with Gasteiger partial charge in [-0.3, -0.25) is 9.59 Å². The van der Waals surface area contributed by atoms with Crippen LogP contribution in [0.2, 0.25) is 0 Å².